The number of hydrogen-bond acceptors (Lipinski definition) is 5. The molecule has 1 aliphatic rings. The van der Waals surface area contributed by atoms with E-state index in [9.17, 15) is 0 Å². The highest BCUT2D eigenvalue weighted by Crippen LogP contribution is 2.29. The van der Waals surface area contributed by atoms with Crippen molar-refractivity contribution in [2.75, 3.05) is 13.2 Å². The first-order chi connectivity index (χ1) is 6.79. The Kier molecular flexibility index (Phi) is 2.87. The number of aromatic nitrogens is 1. The van der Waals surface area contributed by atoms with Crippen molar-refractivity contribution in [3.63, 3.8) is 0 Å². The molecular formula is C8H7ClN2O2S. The maximum absolute atomic E-state index is 8.65. The predicted molar refractivity (Wildman–Crippen MR) is 51.7 cm³/mol. The molecule has 14 heavy (non-hydrogen) atoms. The van der Waals surface area contributed by atoms with Crippen molar-refractivity contribution in [1.82, 2.24) is 4.98 Å². The first-order valence-corrected chi connectivity index (χ1v) is 5.30. The van der Waals surface area contributed by atoms with E-state index in [0.29, 0.717) is 16.7 Å². The molecule has 1 unspecified atom stereocenters. The molecule has 0 saturated carbocycles. The minimum atomic E-state index is 0.0451. The molecule has 0 N–H and O–H groups in total. The van der Waals surface area contributed by atoms with E-state index in [1.807, 2.05) is 6.07 Å². The van der Waals surface area contributed by atoms with E-state index in [1.165, 1.54) is 0 Å². The van der Waals surface area contributed by atoms with Gasteiger partial charge in [0.15, 0.2) is 5.15 Å². The highest BCUT2D eigenvalue weighted by Gasteiger charge is 2.19. The maximum Gasteiger partial charge on any atom is 0.276 e. The molecule has 0 radical (unpaired) electrons. The zero-order valence-electron chi connectivity index (χ0n) is 7.20. The van der Waals surface area contributed by atoms with Crippen LogP contribution in [0, 0.1) is 11.3 Å². The van der Waals surface area contributed by atoms with Gasteiger partial charge in [0.05, 0.1) is 13.2 Å². The molecule has 1 saturated heterocycles. The Morgan fingerprint density at radius 2 is 2.57 bits per heavy atom. The number of nitriles is 1. The highest BCUT2D eigenvalue weighted by molar-refractivity contribution is 7.14. The molecule has 1 aliphatic heterocycles. The van der Waals surface area contributed by atoms with Gasteiger partial charge in [-0.15, -0.1) is 0 Å². The summed E-state index contributed by atoms with van der Waals surface area (Å²) < 4.78 is 10.6. The van der Waals surface area contributed by atoms with Crippen molar-refractivity contribution in [1.29, 1.82) is 5.26 Å². The van der Waals surface area contributed by atoms with Gasteiger partial charge in [-0.1, -0.05) is 22.9 Å². The second-order valence-electron chi connectivity index (χ2n) is 2.81. The molecule has 1 aromatic rings. The monoisotopic (exact) mass is 230 g/mol. The fraction of sp³-hybridized carbons (Fsp3) is 0.500. The Morgan fingerprint density at radius 3 is 3.14 bits per heavy atom. The lowest BCUT2D eigenvalue weighted by Crippen LogP contribution is -2.15. The first-order valence-electron chi connectivity index (χ1n) is 4.10. The van der Waals surface area contributed by atoms with E-state index in [2.05, 4.69) is 4.98 Å². The highest BCUT2D eigenvalue weighted by atomic mass is 35.5. The maximum atomic E-state index is 8.65. The Hall–Kier alpha value is -0.830. The largest absolute Gasteiger partial charge is 0.464 e. The molecule has 4 nitrogen and oxygen atoms in total. The molecule has 0 aromatic carbocycles. The Balaban J connectivity index is 2.06. The van der Waals surface area contributed by atoms with Crippen LogP contribution in [0.4, 0.5) is 0 Å². The number of halogens is 1. The molecule has 74 valence electrons. The number of nitrogens with zero attached hydrogens (tertiary/aromatic N) is 2. The van der Waals surface area contributed by atoms with E-state index < -0.39 is 0 Å². The van der Waals surface area contributed by atoms with Gasteiger partial charge < -0.3 is 9.47 Å². The van der Waals surface area contributed by atoms with Gasteiger partial charge in [-0.05, 0) is 0 Å². The number of hydrogen-bond donors (Lipinski definition) is 0. The summed E-state index contributed by atoms with van der Waals surface area (Å²) in [5, 5.41) is 9.31. The second kappa shape index (κ2) is 4.13. The summed E-state index contributed by atoms with van der Waals surface area (Å²) in [5.41, 5.74) is 0. The lowest BCUT2D eigenvalue weighted by molar-refractivity contribution is 0.141. The van der Waals surface area contributed by atoms with Crippen molar-refractivity contribution in [2.24, 2.45) is 0 Å². The molecule has 0 spiro atoms. The summed E-state index contributed by atoms with van der Waals surface area (Å²) in [6.45, 7) is 1.30. The van der Waals surface area contributed by atoms with Gasteiger partial charge in [0.25, 0.3) is 5.19 Å². The molecule has 1 aromatic heterocycles. The van der Waals surface area contributed by atoms with Gasteiger partial charge in [-0.25, -0.2) is 0 Å². The van der Waals surface area contributed by atoms with Crippen LogP contribution in [0.2, 0.25) is 5.15 Å². The van der Waals surface area contributed by atoms with Crippen molar-refractivity contribution in [3.05, 3.63) is 10.0 Å². The van der Waals surface area contributed by atoms with Gasteiger partial charge in [0, 0.05) is 6.42 Å². The van der Waals surface area contributed by atoms with Crippen LogP contribution in [0.15, 0.2) is 0 Å². The normalized spacial score (nSPS) is 20.7. The molecule has 0 bridgehead atoms. The molecule has 0 amide bonds. The van der Waals surface area contributed by atoms with Crippen LogP contribution >= 0.6 is 22.9 Å². The average Bonchev–Trinajstić information content (AvgIpc) is 2.76. The van der Waals surface area contributed by atoms with Crippen LogP contribution in [0.25, 0.3) is 0 Å². The van der Waals surface area contributed by atoms with E-state index >= 15 is 0 Å². The van der Waals surface area contributed by atoms with Crippen LogP contribution in [-0.2, 0) is 4.74 Å². The van der Waals surface area contributed by atoms with Crippen LogP contribution < -0.4 is 4.74 Å². The van der Waals surface area contributed by atoms with Crippen LogP contribution in [0.5, 0.6) is 5.19 Å². The smallest absolute Gasteiger partial charge is 0.276 e. The van der Waals surface area contributed by atoms with Gasteiger partial charge in [-0.2, -0.15) is 10.2 Å². The van der Waals surface area contributed by atoms with E-state index in [1.54, 1.807) is 0 Å². The second-order valence-corrected chi connectivity index (χ2v) is 4.13. The number of rotatable bonds is 2. The molecular weight excluding hydrogens is 224 g/mol. The number of ether oxygens (including phenoxy) is 2. The molecule has 6 heteroatoms. The summed E-state index contributed by atoms with van der Waals surface area (Å²) in [6, 6.07) is 1.95. The average molecular weight is 231 g/mol. The quantitative estimate of drug-likeness (QED) is 0.778. The van der Waals surface area contributed by atoms with Crippen molar-refractivity contribution in [3.8, 4) is 11.3 Å². The van der Waals surface area contributed by atoms with Crippen molar-refractivity contribution < 1.29 is 9.47 Å². The van der Waals surface area contributed by atoms with Crippen LogP contribution in [-0.4, -0.2) is 24.3 Å². The molecule has 2 heterocycles. The minimum absolute atomic E-state index is 0.0451. The lowest BCUT2D eigenvalue weighted by atomic mass is 10.3. The van der Waals surface area contributed by atoms with Crippen molar-refractivity contribution >= 4 is 22.9 Å². The van der Waals surface area contributed by atoms with Crippen molar-refractivity contribution in [2.45, 2.75) is 12.5 Å². The minimum Gasteiger partial charge on any atom is -0.464 e. The van der Waals surface area contributed by atoms with E-state index in [-0.39, 0.29) is 11.3 Å². The standard InChI is InChI=1S/C8H7ClN2O2S/c9-7-6(3-10)14-8(11-7)13-5-1-2-12-4-5/h5H,1-2,4H2. The molecule has 1 atom stereocenters. The third kappa shape index (κ3) is 1.98. The number of thiazole rings is 1. The Bertz CT molecular complexity index is 368. The zero-order valence-corrected chi connectivity index (χ0v) is 8.77. The molecule has 1 fully saturated rings. The summed E-state index contributed by atoms with van der Waals surface area (Å²) in [5.74, 6) is 0. The molecule has 2 rings (SSSR count). The zero-order chi connectivity index (χ0) is 9.97. The SMILES string of the molecule is N#Cc1sc(OC2CCOC2)nc1Cl. The van der Waals surface area contributed by atoms with Gasteiger partial charge >= 0.3 is 0 Å². The van der Waals surface area contributed by atoms with Gasteiger partial charge in [0.2, 0.25) is 0 Å². The van der Waals surface area contributed by atoms with Crippen LogP contribution in [0.3, 0.4) is 0 Å². The van der Waals surface area contributed by atoms with Gasteiger partial charge in [-0.3, -0.25) is 0 Å². The summed E-state index contributed by atoms with van der Waals surface area (Å²) in [4.78, 5) is 4.32. The fourth-order valence-corrected chi connectivity index (χ4v) is 2.11. The third-order valence-electron chi connectivity index (χ3n) is 1.82. The fourth-order valence-electron chi connectivity index (χ4n) is 1.15. The topological polar surface area (TPSA) is 55.1 Å². The third-order valence-corrected chi connectivity index (χ3v) is 3.06. The summed E-state index contributed by atoms with van der Waals surface area (Å²) in [7, 11) is 0. The lowest BCUT2D eigenvalue weighted by Gasteiger charge is -2.06. The van der Waals surface area contributed by atoms with E-state index in [0.717, 1.165) is 24.4 Å². The summed E-state index contributed by atoms with van der Waals surface area (Å²) >= 11 is 6.86. The summed E-state index contributed by atoms with van der Waals surface area (Å²) in [6.07, 6.45) is 0.905. The van der Waals surface area contributed by atoms with E-state index in [4.69, 9.17) is 26.3 Å². The molecule has 0 aliphatic carbocycles. The first kappa shape index (κ1) is 9.71. The predicted octanol–water partition coefficient (Wildman–Crippen LogP) is 1.84. The van der Waals surface area contributed by atoms with Crippen LogP contribution in [0.1, 0.15) is 11.3 Å². The Morgan fingerprint density at radius 1 is 1.71 bits per heavy atom. The Labute approximate surface area is 90.0 Å². The van der Waals surface area contributed by atoms with Gasteiger partial charge in [0.1, 0.15) is 17.1 Å².